The van der Waals surface area contributed by atoms with Crippen molar-refractivity contribution in [3.05, 3.63) is 24.3 Å². The molecule has 0 aliphatic heterocycles. The van der Waals surface area contributed by atoms with Crippen LogP contribution in [0.1, 0.15) is 49.6 Å². The number of Topliss-reactive ketones (excluding diaryl/α,β-unsaturated/α-hetero) is 1. The zero-order chi connectivity index (χ0) is 11.4. The summed E-state index contributed by atoms with van der Waals surface area (Å²) in [5.74, 6) is 1.50. The Kier molecular flexibility index (Phi) is 3.65. The van der Waals surface area contributed by atoms with Gasteiger partial charge in [0.05, 0.1) is 0 Å². The molecule has 0 N–H and O–H groups in total. The van der Waals surface area contributed by atoms with Crippen molar-refractivity contribution in [1.29, 1.82) is 0 Å². The lowest BCUT2D eigenvalue weighted by Gasteiger charge is -2.26. The number of hydrogen-bond donors (Lipinski definition) is 0. The van der Waals surface area contributed by atoms with Crippen molar-refractivity contribution >= 4 is 5.78 Å². The van der Waals surface area contributed by atoms with Gasteiger partial charge in [0, 0.05) is 18.3 Å². The highest BCUT2D eigenvalue weighted by molar-refractivity contribution is 5.94. The third kappa shape index (κ3) is 2.46. The van der Waals surface area contributed by atoms with E-state index in [0.717, 1.165) is 18.8 Å². The van der Waals surface area contributed by atoms with Crippen LogP contribution in [0.15, 0.2) is 18.5 Å². The van der Waals surface area contributed by atoms with Gasteiger partial charge in [0.2, 0.25) is 5.78 Å². The first-order chi connectivity index (χ1) is 7.81. The Morgan fingerprint density at radius 2 is 1.88 bits per heavy atom. The summed E-state index contributed by atoms with van der Waals surface area (Å²) in [7, 11) is 0. The van der Waals surface area contributed by atoms with Crippen LogP contribution in [0.3, 0.4) is 0 Å². The van der Waals surface area contributed by atoms with Crippen molar-refractivity contribution in [3.8, 4) is 0 Å². The molecule has 2 rings (SSSR count). The molecule has 0 radical (unpaired) electrons. The number of carbonyl (C=O) groups is 1. The van der Waals surface area contributed by atoms with Crippen LogP contribution in [-0.2, 0) is 0 Å². The Balaban J connectivity index is 1.97. The molecule has 0 saturated heterocycles. The molecule has 0 aromatic carbocycles. The van der Waals surface area contributed by atoms with E-state index in [1.54, 1.807) is 18.5 Å². The van der Waals surface area contributed by atoms with E-state index in [4.69, 9.17) is 0 Å². The van der Waals surface area contributed by atoms with Crippen molar-refractivity contribution in [2.24, 2.45) is 11.8 Å². The highest BCUT2D eigenvalue weighted by Crippen LogP contribution is 2.31. The number of rotatable bonds is 3. The Labute approximate surface area is 96.3 Å². The lowest BCUT2D eigenvalue weighted by Crippen LogP contribution is -2.23. The Bertz CT molecular complexity index is 342. The first-order valence-electron chi connectivity index (χ1n) is 6.12. The summed E-state index contributed by atoms with van der Waals surface area (Å²) in [5, 5.41) is 0. The third-order valence-corrected chi connectivity index (χ3v) is 3.58. The minimum atomic E-state index is 0.134. The molecule has 0 amide bonds. The van der Waals surface area contributed by atoms with E-state index >= 15 is 0 Å². The van der Waals surface area contributed by atoms with Gasteiger partial charge in [0.15, 0.2) is 5.82 Å². The molecule has 1 heterocycles. The molecule has 1 aromatic rings. The SMILES string of the molecule is CCC1CCC(C(=O)c2ncccn2)CC1. The number of hydrogen-bond acceptors (Lipinski definition) is 3. The largest absolute Gasteiger partial charge is 0.290 e. The van der Waals surface area contributed by atoms with E-state index < -0.39 is 0 Å². The highest BCUT2D eigenvalue weighted by atomic mass is 16.1. The van der Waals surface area contributed by atoms with Crippen LogP contribution in [0.25, 0.3) is 0 Å². The van der Waals surface area contributed by atoms with Gasteiger partial charge in [-0.3, -0.25) is 4.79 Å². The van der Waals surface area contributed by atoms with Crippen molar-refractivity contribution in [2.75, 3.05) is 0 Å². The Morgan fingerprint density at radius 1 is 1.25 bits per heavy atom. The quantitative estimate of drug-likeness (QED) is 0.733. The van der Waals surface area contributed by atoms with Gasteiger partial charge >= 0.3 is 0 Å². The number of carbonyl (C=O) groups excluding carboxylic acids is 1. The van der Waals surface area contributed by atoms with Gasteiger partial charge in [-0.2, -0.15) is 0 Å². The van der Waals surface area contributed by atoms with Gasteiger partial charge in [0.25, 0.3) is 0 Å². The third-order valence-electron chi connectivity index (χ3n) is 3.58. The van der Waals surface area contributed by atoms with E-state index in [1.807, 2.05) is 0 Å². The summed E-state index contributed by atoms with van der Waals surface area (Å²) in [5.41, 5.74) is 0. The van der Waals surface area contributed by atoms with Crippen LogP contribution in [0.4, 0.5) is 0 Å². The van der Waals surface area contributed by atoms with Crippen LogP contribution in [0.2, 0.25) is 0 Å². The molecule has 3 nitrogen and oxygen atoms in total. The highest BCUT2D eigenvalue weighted by Gasteiger charge is 2.27. The molecule has 1 aromatic heterocycles. The predicted octanol–water partition coefficient (Wildman–Crippen LogP) is 2.88. The molecule has 16 heavy (non-hydrogen) atoms. The van der Waals surface area contributed by atoms with Crippen molar-refractivity contribution in [2.45, 2.75) is 39.0 Å². The second-order valence-electron chi connectivity index (χ2n) is 4.56. The van der Waals surface area contributed by atoms with Gasteiger partial charge in [-0.1, -0.05) is 13.3 Å². The summed E-state index contributed by atoms with van der Waals surface area (Å²) in [4.78, 5) is 20.1. The second-order valence-corrected chi connectivity index (χ2v) is 4.56. The molecule has 1 aliphatic rings. The van der Waals surface area contributed by atoms with Gasteiger partial charge < -0.3 is 0 Å². The molecule has 1 fully saturated rings. The Hall–Kier alpha value is -1.25. The molecule has 1 aliphatic carbocycles. The zero-order valence-corrected chi connectivity index (χ0v) is 9.72. The number of nitrogens with zero attached hydrogens (tertiary/aromatic N) is 2. The minimum Gasteiger partial charge on any atom is -0.290 e. The monoisotopic (exact) mass is 218 g/mol. The van der Waals surface area contributed by atoms with E-state index in [2.05, 4.69) is 16.9 Å². The van der Waals surface area contributed by atoms with Gasteiger partial charge in [-0.15, -0.1) is 0 Å². The fourth-order valence-electron chi connectivity index (χ4n) is 2.44. The molecular formula is C13H18N2O. The molecule has 1 saturated carbocycles. The van der Waals surface area contributed by atoms with Crippen LogP contribution in [-0.4, -0.2) is 15.8 Å². The summed E-state index contributed by atoms with van der Waals surface area (Å²) < 4.78 is 0. The average molecular weight is 218 g/mol. The summed E-state index contributed by atoms with van der Waals surface area (Å²) in [6.45, 7) is 2.23. The van der Waals surface area contributed by atoms with E-state index in [1.165, 1.54) is 19.3 Å². The maximum atomic E-state index is 12.1. The summed E-state index contributed by atoms with van der Waals surface area (Å²) in [6.07, 6.45) is 8.89. The zero-order valence-electron chi connectivity index (χ0n) is 9.72. The molecule has 0 atom stereocenters. The molecule has 0 unspecified atom stereocenters. The van der Waals surface area contributed by atoms with E-state index in [-0.39, 0.29) is 11.7 Å². The van der Waals surface area contributed by atoms with Gasteiger partial charge in [-0.05, 0) is 37.7 Å². The topological polar surface area (TPSA) is 42.9 Å². The maximum Gasteiger partial charge on any atom is 0.203 e. The fourth-order valence-corrected chi connectivity index (χ4v) is 2.44. The lowest BCUT2D eigenvalue weighted by molar-refractivity contribution is 0.0860. The van der Waals surface area contributed by atoms with Gasteiger partial charge in [0.1, 0.15) is 0 Å². The smallest absolute Gasteiger partial charge is 0.203 e. The predicted molar refractivity (Wildman–Crippen MR) is 62.1 cm³/mol. The van der Waals surface area contributed by atoms with Gasteiger partial charge in [-0.25, -0.2) is 9.97 Å². The van der Waals surface area contributed by atoms with Crippen LogP contribution in [0, 0.1) is 11.8 Å². The first-order valence-corrected chi connectivity index (χ1v) is 6.12. The van der Waals surface area contributed by atoms with Crippen molar-refractivity contribution < 1.29 is 4.79 Å². The normalized spacial score (nSPS) is 25.3. The van der Waals surface area contributed by atoms with Crippen LogP contribution >= 0.6 is 0 Å². The maximum absolute atomic E-state index is 12.1. The average Bonchev–Trinajstić information content (AvgIpc) is 2.39. The van der Waals surface area contributed by atoms with Crippen LogP contribution < -0.4 is 0 Å². The van der Waals surface area contributed by atoms with Crippen LogP contribution in [0.5, 0.6) is 0 Å². The molecule has 0 spiro atoms. The fraction of sp³-hybridized carbons (Fsp3) is 0.615. The summed E-state index contributed by atoms with van der Waals surface area (Å²) >= 11 is 0. The molecule has 3 heteroatoms. The second kappa shape index (κ2) is 5.19. The minimum absolute atomic E-state index is 0.134. The van der Waals surface area contributed by atoms with E-state index in [9.17, 15) is 4.79 Å². The first kappa shape index (κ1) is 11.2. The number of ketones is 1. The lowest BCUT2D eigenvalue weighted by atomic mass is 9.79. The van der Waals surface area contributed by atoms with Crippen molar-refractivity contribution in [3.63, 3.8) is 0 Å². The summed E-state index contributed by atoms with van der Waals surface area (Å²) in [6, 6.07) is 1.74. The molecule has 0 bridgehead atoms. The van der Waals surface area contributed by atoms with E-state index in [0.29, 0.717) is 5.82 Å². The van der Waals surface area contributed by atoms with Crippen molar-refractivity contribution in [1.82, 2.24) is 9.97 Å². The number of aromatic nitrogens is 2. The molecule has 86 valence electrons. The molecular weight excluding hydrogens is 200 g/mol. The standard InChI is InChI=1S/C13H18N2O/c1-2-10-4-6-11(7-5-10)12(16)13-14-8-3-9-15-13/h3,8-11H,2,4-7H2,1H3. The Morgan fingerprint density at radius 3 is 2.44 bits per heavy atom.